The summed E-state index contributed by atoms with van der Waals surface area (Å²) in [6.45, 7) is 0. The second-order valence-electron chi connectivity index (χ2n) is 3.30. The number of nitrogens with zero attached hydrogens (tertiary/aromatic N) is 3. The molecule has 0 aromatic carbocycles. The lowest BCUT2D eigenvalue weighted by atomic mass is 10.5. The average Bonchev–Trinajstić information content (AvgIpc) is 2.63. The maximum atomic E-state index is 11.3. The molecule has 2 N–H and O–H groups in total. The molecule has 8 heteroatoms. The van der Waals surface area contributed by atoms with E-state index in [1.807, 2.05) is 0 Å². The highest BCUT2D eigenvalue weighted by Crippen LogP contribution is 2.24. The van der Waals surface area contributed by atoms with Gasteiger partial charge in [-0.2, -0.15) is 5.10 Å². The minimum atomic E-state index is -3.86. The summed E-state index contributed by atoms with van der Waals surface area (Å²) in [5.41, 5.74) is 0. The van der Waals surface area contributed by atoms with Crippen LogP contribution in [0.2, 0.25) is 0 Å². The van der Waals surface area contributed by atoms with Gasteiger partial charge in [-0.05, 0) is 12.1 Å². The summed E-state index contributed by atoms with van der Waals surface area (Å²) >= 11 is 0. The quantitative estimate of drug-likeness (QED) is 0.846. The number of hydrogen-bond donors (Lipinski definition) is 1. The number of aryl methyl sites for hydroxylation is 1. The molecule has 0 amide bonds. The molecule has 2 rings (SSSR count). The number of sulfonamides is 1. The van der Waals surface area contributed by atoms with Crippen molar-refractivity contribution in [1.82, 2.24) is 14.8 Å². The third-order valence-electron chi connectivity index (χ3n) is 1.94. The van der Waals surface area contributed by atoms with Crippen LogP contribution in [-0.2, 0) is 17.1 Å². The van der Waals surface area contributed by atoms with Crippen molar-refractivity contribution in [3.8, 4) is 11.6 Å². The zero-order chi connectivity index (χ0) is 12.5. The second kappa shape index (κ2) is 4.15. The van der Waals surface area contributed by atoms with Crippen molar-refractivity contribution >= 4 is 10.0 Å². The Morgan fingerprint density at radius 3 is 2.82 bits per heavy atom. The molecule has 90 valence electrons. The Kier molecular flexibility index (Phi) is 2.82. The van der Waals surface area contributed by atoms with Crippen molar-refractivity contribution in [1.29, 1.82) is 0 Å². The summed E-state index contributed by atoms with van der Waals surface area (Å²) in [6.07, 6.45) is 4.45. The zero-order valence-electron chi connectivity index (χ0n) is 8.94. The Morgan fingerprint density at radius 2 is 2.24 bits per heavy atom. The van der Waals surface area contributed by atoms with Gasteiger partial charge in [0.05, 0.1) is 12.4 Å². The second-order valence-corrected chi connectivity index (χ2v) is 4.83. The number of primary sulfonamides is 1. The number of ether oxygens (including phenoxy) is 1. The van der Waals surface area contributed by atoms with E-state index in [0.717, 1.165) is 0 Å². The Labute approximate surface area is 97.9 Å². The van der Waals surface area contributed by atoms with Crippen molar-refractivity contribution in [3.63, 3.8) is 0 Å². The standard InChI is InChI=1S/C9H10N4O3S/c1-13-6-7(5-12-13)16-9-8(17(10,14)15)3-2-4-11-9/h2-6H,1H3,(H2,10,14,15). The van der Waals surface area contributed by atoms with Crippen LogP contribution in [0, 0.1) is 0 Å². The highest BCUT2D eigenvalue weighted by molar-refractivity contribution is 7.89. The van der Waals surface area contributed by atoms with Crippen LogP contribution < -0.4 is 9.88 Å². The third-order valence-corrected chi connectivity index (χ3v) is 2.86. The predicted molar refractivity (Wildman–Crippen MR) is 58.9 cm³/mol. The van der Waals surface area contributed by atoms with E-state index < -0.39 is 10.0 Å². The Balaban J connectivity index is 2.40. The van der Waals surface area contributed by atoms with Crippen LogP contribution >= 0.6 is 0 Å². The average molecular weight is 254 g/mol. The maximum absolute atomic E-state index is 11.3. The van der Waals surface area contributed by atoms with E-state index in [2.05, 4.69) is 10.1 Å². The van der Waals surface area contributed by atoms with Gasteiger partial charge >= 0.3 is 0 Å². The Bertz CT molecular complexity index is 635. The number of pyridine rings is 1. The van der Waals surface area contributed by atoms with Gasteiger partial charge in [0.15, 0.2) is 5.75 Å². The van der Waals surface area contributed by atoms with Gasteiger partial charge in [-0.1, -0.05) is 0 Å². The number of hydrogen-bond acceptors (Lipinski definition) is 5. The molecule has 2 aromatic heterocycles. The van der Waals surface area contributed by atoms with Crippen LogP contribution in [0.4, 0.5) is 0 Å². The van der Waals surface area contributed by atoms with E-state index in [1.54, 1.807) is 13.2 Å². The fraction of sp³-hybridized carbons (Fsp3) is 0.111. The van der Waals surface area contributed by atoms with Gasteiger partial charge in [-0.25, -0.2) is 18.5 Å². The van der Waals surface area contributed by atoms with Crippen molar-refractivity contribution in [2.75, 3.05) is 0 Å². The minimum Gasteiger partial charge on any atom is -0.434 e. The first-order valence-electron chi connectivity index (χ1n) is 4.61. The fourth-order valence-corrected chi connectivity index (χ4v) is 1.84. The lowest BCUT2D eigenvalue weighted by molar-refractivity contribution is 0.446. The normalized spacial score (nSPS) is 11.4. The zero-order valence-corrected chi connectivity index (χ0v) is 9.76. The molecular weight excluding hydrogens is 244 g/mol. The van der Waals surface area contributed by atoms with Gasteiger partial charge in [0.1, 0.15) is 4.90 Å². The summed E-state index contributed by atoms with van der Waals surface area (Å²) in [7, 11) is -2.15. The molecule has 0 aliphatic rings. The van der Waals surface area contributed by atoms with Crippen LogP contribution in [0.1, 0.15) is 0 Å². The van der Waals surface area contributed by atoms with Crippen LogP contribution in [0.15, 0.2) is 35.6 Å². The summed E-state index contributed by atoms with van der Waals surface area (Å²) in [4.78, 5) is 3.67. The molecule has 7 nitrogen and oxygen atoms in total. The molecule has 0 radical (unpaired) electrons. The molecule has 0 saturated heterocycles. The molecule has 2 heterocycles. The van der Waals surface area contributed by atoms with Crippen molar-refractivity contribution in [2.45, 2.75) is 4.90 Å². The summed E-state index contributed by atoms with van der Waals surface area (Å²) in [5, 5.41) is 8.94. The molecule has 2 aromatic rings. The molecule has 0 bridgehead atoms. The van der Waals surface area contributed by atoms with Crippen LogP contribution in [0.5, 0.6) is 11.6 Å². The van der Waals surface area contributed by atoms with E-state index in [4.69, 9.17) is 9.88 Å². The van der Waals surface area contributed by atoms with Gasteiger partial charge in [0.2, 0.25) is 15.9 Å². The topological polar surface area (TPSA) is 100 Å². The number of rotatable bonds is 3. The highest BCUT2D eigenvalue weighted by Gasteiger charge is 2.16. The van der Waals surface area contributed by atoms with Crippen LogP contribution in [-0.4, -0.2) is 23.2 Å². The summed E-state index contributed by atoms with van der Waals surface area (Å²) in [6, 6.07) is 2.80. The Hall–Kier alpha value is -1.93. The van der Waals surface area contributed by atoms with Gasteiger partial charge < -0.3 is 4.74 Å². The van der Waals surface area contributed by atoms with Gasteiger partial charge in [-0.15, -0.1) is 0 Å². The van der Waals surface area contributed by atoms with Crippen LogP contribution in [0.3, 0.4) is 0 Å². The highest BCUT2D eigenvalue weighted by atomic mass is 32.2. The lowest BCUT2D eigenvalue weighted by Gasteiger charge is -2.05. The molecule has 0 saturated carbocycles. The molecule has 17 heavy (non-hydrogen) atoms. The smallest absolute Gasteiger partial charge is 0.243 e. The lowest BCUT2D eigenvalue weighted by Crippen LogP contribution is -2.13. The molecule has 0 unspecified atom stereocenters. The molecule has 0 aliphatic carbocycles. The Morgan fingerprint density at radius 1 is 1.47 bits per heavy atom. The monoisotopic (exact) mass is 254 g/mol. The van der Waals surface area contributed by atoms with Gasteiger partial charge in [-0.3, -0.25) is 4.68 Å². The fourth-order valence-electron chi connectivity index (χ4n) is 1.23. The molecule has 0 fully saturated rings. The summed E-state index contributed by atoms with van der Waals surface area (Å²) < 4.78 is 29.4. The van der Waals surface area contributed by atoms with E-state index in [1.165, 1.54) is 29.2 Å². The third kappa shape index (κ3) is 2.60. The van der Waals surface area contributed by atoms with Crippen molar-refractivity contribution in [3.05, 3.63) is 30.7 Å². The van der Waals surface area contributed by atoms with E-state index in [-0.39, 0.29) is 10.8 Å². The number of nitrogens with two attached hydrogens (primary N) is 1. The molecule has 0 aliphatic heterocycles. The van der Waals surface area contributed by atoms with Gasteiger partial charge in [0.25, 0.3) is 0 Å². The van der Waals surface area contributed by atoms with E-state index >= 15 is 0 Å². The molecule has 0 atom stereocenters. The molecular formula is C9H10N4O3S. The van der Waals surface area contributed by atoms with Gasteiger partial charge in [0, 0.05) is 13.2 Å². The SMILES string of the molecule is Cn1cc(Oc2ncccc2S(N)(=O)=O)cn1. The number of aromatic nitrogens is 3. The first-order chi connectivity index (χ1) is 7.97. The minimum absolute atomic E-state index is 0.0667. The molecule has 0 spiro atoms. The largest absolute Gasteiger partial charge is 0.434 e. The van der Waals surface area contributed by atoms with Crippen molar-refractivity contribution in [2.24, 2.45) is 12.2 Å². The predicted octanol–water partition coefficient (Wildman–Crippen LogP) is 0.255. The maximum Gasteiger partial charge on any atom is 0.243 e. The first kappa shape index (κ1) is 11.6. The summed E-state index contributed by atoms with van der Waals surface area (Å²) in [5.74, 6) is 0.319. The van der Waals surface area contributed by atoms with Crippen LogP contribution in [0.25, 0.3) is 0 Å². The van der Waals surface area contributed by atoms with E-state index in [9.17, 15) is 8.42 Å². The van der Waals surface area contributed by atoms with Crippen molar-refractivity contribution < 1.29 is 13.2 Å². The first-order valence-corrected chi connectivity index (χ1v) is 6.16. The van der Waals surface area contributed by atoms with E-state index in [0.29, 0.717) is 5.75 Å².